The number of methoxy groups -OCH3 is 1. The highest BCUT2D eigenvalue weighted by atomic mass is 16.6. The van der Waals surface area contributed by atoms with Crippen molar-refractivity contribution in [2.45, 2.75) is 44.1 Å². The lowest BCUT2D eigenvalue weighted by molar-refractivity contribution is -0.228. The lowest BCUT2D eigenvalue weighted by Gasteiger charge is -2.52. The summed E-state index contributed by atoms with van der Waals surface area (Å²) in [5.41, 5.74) is 0. The van der Waals surface area contributed by atoms with Crippen LogP contribution in [0.3, 0.4) is 0 Å². The number of hydrogen-bond donors (Lipinski definition) is 1. The monoisotopic (exact) mass is 241 g/mol. The van der Waals surface area contributed by atoms with Crippen molar-refractivity contribution in [1.82, 2.24) is 5.32 Å². The van der Waals surface area contributed by atoms with Gasteiger partial charge < -0.3 is 19.5 Å². The maximum absolute atomic E-state index is 6.01. The molecule has 4 nitrogen and oxygen atoms in total. The fourth-order valence-electron chi connectivity index (χ4n) is 3.84. The van der Waals surface area contributed by atoms with Crippen molar-refractivity contribution in [2.24, 2.45) is 11.8 Å². The summed E-state index contributed by atoms with van der Waals surface area (Å²) in [5.74, 6) is 1.30. The summed E-state index contributed by atoms with van der Waals surface area (Å²) in [5, 5.41) is 3.63. The molecule has 6 atom stereocenters. The van der Waals surface area contributed by atoms with Crippen molar-refractivity contribution in [2.75, 3.05) is 26.9 Å². The first-order valence-electron chi connectivity index (χ1n) is 6.80. The molecule has 98 valence electrons. The second-order valence-electron chi connectivity index (χ2n) is 5.58. The van der Waals surface area contributed by atoms with Gasteiger partial charge in [0.15, 0.2) is 0 Å². The second kappa shape index (κ2) is 4.84. The molecule has 0 radical (unpaired) electrons. The molecule has 1 saturated carbocycles. The van der Waals surface area contributed by atoms with Gasteiger partial charge >= 0.3 is 0 Å². The summed E-state index contributed by atoms with van der Waals surface area (Å²) in [4.78, 5) is 0. The molecule has 2 saturated heterocycles. The van der Waals surface area contributed by atoms with E-state index in [1.165, 1.54) is 6.42 Å². The lowest BCUT2D eigenvalue weighted by Crippen LogP contribution is -2.64. The van der Waals surface area contributed by atoms with Gasteiger partial charge in [-0.15, -0.1) is 0 Å². The van der Waals surface area contributed by atoms with Gasteiger partial charge in [-0.05, 0) is 25.3 Å². The van der Waals surface area contributed by atoms with Gasteiger partial charge in [0.05, 0.1) is 25.4 Å². The smallest absolute Gasteiger partial charge is 0.110 e. The number of hydrogen-bond acceptors (Lipinski definition) is 4. The first kappa shape index (κ1) is 11.9. The molecule has 6 unspecified atom stereocenters. The SMILES string of the molecule is COC1CC2NCCC(C)C2C2OCCOC12. The van der Waals surface area contributed by atoms with E-state index in [1.54, 1.807) is 7.11 Å². The molecule has 3 aliphatic rings. The summed E-state index contributed by atoms with van der Waals surface area (Å²) in [7, 11) is 1.78. The van der Waals surface area contributed by atoms with Crippen LogP contribution in [-0.2, 0) is 14.2 Å². The van der Waals surface area contributed by atoms with Gasteiger partial charge in [-0.1, -0.05) is 6.92 Å². The van der Waals surface area contributed by atoms with Crippen molar-refractivity contribution >= 4 is 0 Å². The first-order valence-corrected chi connectivity index (χ1v) is 6.80. The fourth-order valence-corrected chi connectivity index (χ4v) is 3.84. The summed E-state index contributed by atoms with van der Waals surface area (Å²) in [6.45, 7) is 4.91. The zero-order valence-corrected chi connectivity index (χ0v) is 10.7. The predicted molar refractivity (Wildman–Crippen MR) is 64.0 cm³/mol. The highest BCUT2D eigenvalue weighted by Gasteiger charge is 2.50. The molecule has 1 N–H and O–H groups in total. The number of nitrogens with one attached hydrogen (secondary N) is 1. The number of piperidine rings is 1. The number of rotatable bonds is 1. The van der Waals surface area contributed by atoms with Crippen LogP contribution in [0, 0.1) is 11.8 Å². The molecule has 0 amide bonds. The third kappa shape index (κ3) is 2.01. The van der Waals surface area contributed by atoms with E-state index in [-0.39, 0.29) is 18.3 Å². The van der Waals surface area contributed by atoms with E-state index in [9.17, 15) is 0 Å². The van der Waals surface area contributed by atoms with Gasteiger partial charge in [-0.25, -0.2) is 0 Å². The molecule has 0 bridgehead atoms. The van der Waals surface area contributed by atoms with Crippen LogP contribution in [0.15, 0.2) is 0 Å². The van der Waals surface area contributed by atoms with E-state index in [0.29, 0.717) is 24.5 Å². The molecule has 0 aromatic rings. The molecule has 3 fully saturated rings. The van der Waals surface area contributed by atoms with Crippen LogP contribution >= 0.6 is 0 Å². The molecule has 2 aliphatic heterocycles. The molecular formula is C13H23NO3. The molecule has 3 rings (SSSR count). The van der Waals surface area contributed by atoms with Crippen molar-refractivity contribution in [3.8, 4) is 0 Å². The minimum atomic E-state index is 0.136. The van der Waals surface area contributed by atoms with E-state index in [2.05, 4.69) is 12.2 Å². The fraction of sp³-hybridized carbons (Fsp3) is 1.00. The number of ether oxygens (including phenoxy) is 3. The molecule has 4 heteroatoms. The average molecular weight is 241 g/mol. The zero-order valence-electron chi connectivity index (χ0n) is 10.7. The van der Waals surface area contributed by atoms with E-state index in [1.807, 2.05) is 0 Å². The van der Waals surface area contributed by atoms with E-state index >= 15 is 0 Å². The van der Waals surface area contributed by atoms with Gasteiger partial charge in [0.2, 0.25) is 0 Å². The van der Waals surface area contributed by atoms with Crippen LogP contribution in [0.1, 0.15) is 19.8 Å². The van der Waals surface area contributed by atoms with E-state index < -0.39 is 0 Å². The Bertz CT molecular complexity index is 273. The standard InChI is InChI=1S/C13H23NO3/c1-8-3-4-14-9-7-10(15-2)12-13(11(8)9)17-6-5-16-12/h8-14H,3-7H2,1-2H3. The maximum atomic E-state index is 6.01. The highest BCUT2D eigenvalue weighted by molar-refractivity contribution is 5.02. The predicted octanol–water partition coefficient (Wildman–Crippen LogP) is 0.803. The Morgan fingerprint density at radius 2 is 1.94 bits per heavy atom. The normalized spacial score (nSPS) is 50.5. The van der Waals surface area contributed by atoms with Crippen LogP contribution in [0.25, 0.3) is 0 Å². The highest BCUT2D eigenvalue weighted by Crippen LogP contribution is 2.39. The molecule has 0 spiro atoms. The Morgan fingerprint density at radius 3 is 2.71 bits per heavy atom. The van der Waals surface area contributed by atoms with Gasteiger partial charge in [0, 0.05) is 19.1 Å². The minimum Gasteiger partial charge on any atom is -0.379 e. The Labute approximate surface area is 103 Å². The Morgan fingerprint density at radius 1 is 1.18 bits per heavy atom. The summed E-state index contributed by atoms with van der Waals surface area (Å²) in [6.07, 6.45) is 2.83. The first-order chi connectivity index (χ1) is 8.31. The third-order valence-corrected chi connectivity index (χ3v) is 4.69. The summed E-state index contributed by atoms with van der Waals surface area (Å²) < 4.78 is 17.5. The van der Waals surface area contributed by atoms with Crippen molar-refractivity contribution in [3.63, 3.8) is 0 Å². The van der Waals surface area contributed by atoms with Crippen LogP contribution in [0.2, 0.25) is 0 Å². The Kier molecular flexibility index (Phi) is 3.39. The second-order valence-corrected chi connectivity index (χ2v) is 5.58. The topological polar surface area (TPSA) is 39.7 Å². The van der Waals surface area contributed by atoms with E-state index in [4.69, 9.17) is 14.2 Å². The summed E-state index contributed by atoms with van der Waals surface area (Å²) >= 11 is 0. The quantitative estimate of drug-likeness (QED) is 0.737. The van der Waals surface area contributed by atoms with Crippen LogP contribution < -0.4 is 5.32 Å². The third-order valence-electron chi connectivity index (χ3n) is 4.69. The van der Waals surface area contributed by atoms with Crippen molar-refractivity contribution in [3.05, 3.63) is 0 Å². The molecule has 17 heavy (non-hydrogen) atoms. The largest absolute Gasteiger partial charge is 0.379 e. The van der Waals surface area contributed by atoms with Gasteiger partial charge in [-0.2, -0.15) is 0 Å². The van der Waals surface area contributed by atoms with Crippen LogP contribution in [-0.4, -0.2) is 51.2 Å². The van der Waals surface area contributed by atoms with Gasteiger partial charge in [0.25, 0.3) is 0 Å². The lowest BCUT2D eigenvalue weighted by atomic mass is 9.69. The maximum Gasteiger partial charge on any atom is 0.110 e. The average Bonchev–Trinajstić information content (AvgIpc) is 2.37. The van der Waals surface area contributed by atoms with Crippen LogP contribution in [0.4, 0.5) is 0 Å². The van der Waals surface area contributed by atoms with Gasteiger partial charge in [0.1, 0.15) is 6.10 Å². The van der Waals surface area contributed by atoms with Crippen LogP contribution in [0.5, 0.6) is 0 Å². The molecule has 2 heterocycles. The van der Waals surface area contributed by atoms with E-state index in [0.717, 1.165) is 19.6 Å². The molecule has 0 aromatic carbocycles. The zero-order chi connectivity index (χ0) is 11.8. The minimum absolute atomic E-state index is 0.136. The number of fused-ring (bicyclic) bond motifs is 3. The molecule has 1 aliphatic carbocycles. The van der Waals surface area contributed by atoms with Crippen molar-refractivity contribution < 1.29 is 14.2 Å². The van der Waals surface area contributed by atoms with Crippen molar-refractivity contribution in [1.29, 1.82) is 0 Å². The van der Waals surface area contributed by atoms with Gasteiger partial charge in [-0.3, -0.25) is 0 Å². The molecule has 0 aromatic heterocycles. The Hall–Kier alpha value is -0.160. The summed E-state index contributed by atoms with van der Waals surface area (Å²) in [6, 6.07) is 0.534. The Balaban J connectivity index is 1.83. The molecular weight excluding hydrogens is 218 g/mol.